The fraction of sp³-hybridized carbons (Fsp3) is 0.182. The van der Waals surface area contributed by atoms with E-state index >= 15 is 0 Å². The second-order valence-corrected chi connectivity index (χ2v) is 6.85. The number of H-pyrrole nitrogens is 1. The molecule has 0 aliphatic heterocycles. The molecular formula is C22H21N3O2. The zero-order valence-corrected chi connectivity index (χ0v) is 15.6. The highest BCUT2D eigenvalue weighted by molar-refractivity contribution is 5.94. The van der Waals surface area contributed by atoms with Crippen LogP contribution in [0.5, 0.6) is 0 Å². The minimum atomic E-state index is -0.267. The first-order valence-corrected chi connectivity index (χ1v) is 8.91. The quantitative estimate of drug-likeness (QED) is 0.556. The predicted octanol–water partition coefficient (Wildman–Crippen LogP) is 4.68. The van der Waals surface area contributed by atoms with E-state index in [2.05, 4.69) is 53.6 Å². The van der Waals surface area contributed by atoms with Crippen LogP contribution in [0.25, 0.3) is 22.2 Å². The Kier molecular flexibility index (Phi) is 4.28. The summed E-state index contributed by atoms with van der Waals surface area (Å²) in [4.78, 5) is 15.8. The van der Waals surface area contributed by atoms with Crippen molar-refractivity contribution in [3.63, 3.8) is 0 Å². The number of nitrogens with zero attached hydrogens (tertiary/aromatic N) is 1. The van der Waals surface area contributed by atoms with Crippen molar-refractivity contribution < 1.29 is 9.32 Å². The molecule has 5 heteroatoms. The molecule has 0 bridgehead atoms. The Morgan fingerprint density at radius 3 is 2.59 bits per heavy atom. The van der Waals surface area contributed by atoms with Gasteiger partial charge in [0.2, 0.25) is 5.76 Å². The summed E-state index contributed by atoms with van der Waals surface area (Å²) in [6.07, 6.45) is 0. The van der Waals surface area contributed by atoms with E-state index in [1.54, 1.807) is 13.0 Å². The maximum Gasteiger partial charge on any atom is 0.290 e. The maximum atomic E-state index is 12.3. The third-order valence-electron chi connectivity index (χ3n) is 4.75. The van der Waals surface area contributed by atoms with Crippen LogP contribution in [0.15, 0.2) is 53.1 Å². The number of hydrogen-bond acceptors (Lipinski definition) is 3. The monoisotopic (exact) mass is 359 g/mol. The third kappa shape index (κ3) is 3.24. The van der Waals surface area contributed by atoms with Crippen molar-refractivity contribution in [2.75, 3.05) is 0 Å². The van der Waals surface area contributed by atoms with Crippen LogP contribution < -0.4 is 5.32 Å². The van der Waals surface area contributed by atoms with Crippen molar-refractivity contribution >= 4 is 16.8 Å². The van der Waals surface area contributed by atoms with Gasteiger partial charge in [-0.2, -0.15) is 0 Å². The number of amides is 1. The highest BCUT2D eigenvalue weighted by Crippen LogP contribution is 2.32. The highest BCUT2D eigenvalue weighted by Gasteiger charge is 2.15. The number of nitrogens with one attached hydrogen (secondary N) is 2. The van der Waals surface area contributed by atoms with Gasteiger partial charge in [0.05, 0.1) is 11.2 Å². The Labute approximate surface area is 157 Å². The van der Waals surface area contributed by atoms with Gasteiger partial charge in [-0.1, -0.05) is 47.1 Å². The Hall–Kier alpha value is -3.34. The topological polar surface area (TPSA) is 70.9 Å². The molecule has 0 unspecified atom stereocenters. The summed E-state index contributed by atoms with van der Waals surface area (Å²) in [7, 11) is 0. The van der Waals surface area contributed by atoms with Crippen molar-refractivity contribution in [1.82, 2.24) is 15.5 Å². The lowest BCUT2D eigenvalue weighted by atomic mass is 10.0. The highest BCUT2D eigenvalue weighted by atomic mass is 16.5. The first kappa shape index (κ1) is 17.1. The lowest BCUT2D eigenvalue weighted by Crippen LogP contribution is -2.22. The minimum absolute atomic E-state index is 0.226. The van der Waals surface area contributed by atoms with E-state index in [-0.39, 0.29) is 11.7 Å². The van der Waals surface area contributed by atoms with Crippen LogP contribution in [0.3, 0.4) is 0 Å². The van der Waals surface area contributed by atoms with Gasteiger partial charge in [0.15, 0.2) is 0 Å². The molecule has 0 aliphatic carbocycles. The first-order valence-electron chi connectivity index (χ1n) is 8.91. The zero-order valence-electron chi connectivity index (χ0n) is 15.6. The number of carbonyl (C=O) groups excluding carboxylic acids is 1. The molecule has 27 heavy (non-hydrogen) atoms. The van der Waals surface area contributed by atoms with E-state index in [1.165, 1.54) is 10.9 Å². The largest absolute Gasteiger partial charge is 0.354 e. The van der Waals surface area contributed by atoms with Gasteiger partial charge in [-0.25, -0.2) is 0 Å². The molecule has 4 rings (SSSR count). The van der Waals surface area contributed by atoms with Crippen LogP contribution in [-0.2, 0) is 6.54 Å². The van der Waals surface area contributed by atoms with Gasteiger partial charge in [0.1, 0.15) is 0 Å². The molecule has 2 heterocycles. The summed E-state index contributed by atoms with van der Waals surface area (Å²) in [5, 5.41) is 7.86. The third-order valence-corrected chi connectivity index (χ3v) is 4.75. The summed E-state index contributed by atoms with van der Waals surface area (Å²) in [5.74, 6) is -0.0409. The van der Waals surface area contributed by atoms with E-state index in [0.29, 0.717) is 12.2 Å². The van der Waals surface area contributed by atoms with Gasteiger partial charge in [-0.3, -0.25) is 4.79 Å². The zero-order chi connectivity index (χ0) is 19.0. The number of benzene rings is 2. The molecule has 0 radical (unpaired) electrons. The molecule has 0 fully saturated rings. The molecule has 2 N–H and O–H groups in total. The second kappa shape index (κ2) is 6.76. The average molecular weight is 359 g/mol. The van der Waals surface area contributed by atoms with Crippen molar-refractivity contribution in [3.05, 3.63) is 76.7 Å². The molecule has 1 amide bonds. The van der Waals surface area contributed by atoms with Crippen LogP contribution in [0.2, 0.25) is 0 Å². The summed E-state index contributed by atoms with van der Waals surface area (Å²) in [6, 6.07) is 16.2. The van der Waals surface area contributed by atoms with Crippen LogP contribution in [-0.4, -0.2) is 16.0 Å². The van der Waals surface area contributed by atoms with Crippen LogP contribution in [0.4, 0.5) is 0 Å². The molecule has 0 saturated carbocycles. The number of carbonyl (C=O) groups is 1. The Bertz CT molecular complexity index is 1120. The van der Waals surface area contributed by atoms with E-state index in [0.717, 1.165) is 27.9 Å². The second-order valence-electron chi connectivity index (χ2n) is 6.85. The van der Waals surface area contributed by atoms with Gasteiger partial charge in [0, 0.05) is 23.7 Å². The Morgan fingerprint density at radius 1 is 1.11 bits per heavy atom. The van der Waals surface area contributed by atoms with Gasteiger partial charge >= 0.3 is 0 Å². The molecule has 0 atom stereocenters. The molecule has 2 aromatic carbocycles. The number of aromatic amines is 1. The molecular weight excluding hydrogens is 338 g/mol. The molecule has 136 valence electrons. The van der Waals surface area contributed by atoms with Gasteiger partial charge in [-0.05, 0) is 43.5 Å². The number of fused-ring (bicyclic) bond motifs is 1. The number of hydrogen-bond donors (Lipinski definition) is 2. The normalized spacial score (nSPS) is 11.1. The van der Waals surface area contributed by atoms with E-state index in [9.17, 15) is 4.79 Å². The van der Waals surface area contributed by atoms with E-state index < -0.39 is 0 Å². The lowest BCUT2D eigenvalue weighted by Gasteiger charge is -2.07. The SMILES string of the molecule is Cc1cc(CNC(=O)c2cc(C)no2)c2[nH]c(-c3ccccc3)c(C)c2c1. The van der Waals surface area contributed by atoms with Gasteiger partial charge < -0.3 is 14.8 Å². The standard InChI is InChI=1S/C22H21N3O2/c1-13-9-17(12-23-22(26)19-11-14(2)25-27-19)21-18(10-13)15(3)20(24-21)16-7-5-4-6-8-16/h4-11,24H,12H2,1-3H3,(H,23,26). The summed E-state index contributed by atoms with van der Waals surface area (Å²) in [6.45, 7) is 6.39. The first-order chi connectivity index (χ1) is 13.0. The summed E-state index contributed by atoms with van der Waals surface area (Å²) >= 11 is 0. The number of rotatable bonds is 4. The van der Waals surface area contributed by atoms with Crippen LogP contribution >= 0.6 is 0 Å². The van der Waals surface area contributed by atoms with Crippen molar-refractivity contribution in [2.24, 2.45) is 0 Å². The van der Waals surface area contributed by atoms with Crippen molar-refractivity contribution in [1.29, 1.82) is 0 Å². The molecule has 0 aliphatic rings. The molecule has 0 spiro atoms. The molecule has 0 saturated heterocycles. The Balaban J connectivity index is 1.69. The smallest absolute Gasteiger partial charge is 0.290 e. The van der Waals surface area contributed by atoms with Crippen molar-refractivity contribution in [3.8, 4) is 11.3 Å². The van der Waals surface area contributed by atoms with E-state index in [4.69, 9.17) is 4.52 Å². The summed E-state index contributed by atoms with van der Waals surface area (Å²) < 4.78 is 5.04. The molecule has 2 aromatic heterocycles. The Morgan fingerprint density at radius 2 is 1.89 bits per heavy atom. The number of aromatic nitrogens is 2. The van der Waals surface area contributed by atoms with E-state index in [1.807, 2.05) is 18.2 Å². The van der Waals surface area contributed by atoms with Crippen LogP contribution in [0, 0.1) is 20.8 Å². The average Bonchev–Trinajstić information content (AvgIpc) is 3.24. The van der Waals surface area contributed by atoms with Gasteiger partial charge in [0.25, 0.3) is 5.91 Å². The number of aryl methyl sites for hydroxylation is 3. The summed E-state index contributed by atoms with van der Waals surface area (Å²) in [5.41, 5.74) is 7.39. The van der Waals surface area contributed by atoms with Crippen molar-refractivity contribution in [2.45, 2.75) is 27.3 Å². The fourth-order valence-corrected chi connectivity index (χ4v) is 3.42. The minimum Gasteiger partial charge on any atom is -0.354 e. The molecule has 4 aromatic rings. The maximum absolute atomic E-state index is 12.3. The fourth-order valence-electron chi connectivity index (χ4n) is 3.42. The van der Waals surface area contributed by atoms with Crippen LogP contribution in [0.1, 0.15) is 32.9 Å². The van der Waals surface area contributed by atoms with Gasteiger partial charge in [-0.15, -0.1) is 0 Å². The lowest BCUT2D eigenvalue weighted by molar-refractivity contribution is 0.0914. The predicted molar refractivity (Wildman–Crippen MR) is 106 cm³/mol. The molecule has 5 nitrogen and oxygen atoms in total.